The van der Waals surface area contributed by atoms with E-state index in [1.165, 1.54) is 0 Å². The molecule has 1 heterocycles. The van der Waals surface area contributed by atoms with E-state index in [1.54, 1.807) is 0 Å². The lowest BCUT2D eigenvalue weighted by Crippen LogP contribution is -2.00. The van der Waals surface area contributed by atoms with Crippen molar-refractivity contribution in [3.63, 3.8) is 0 Å². The van der Waals surface area contributed by atoms with Crippen molar-refractivity contribution in [1.82, 2.24) is 10.1 Å². The van der Waals surface area contributed by atoms with Gasteiger partial charge in [0.05, 0.1) is 6.61 Å². The zero-order valence-corrected chi connectivity index (χ0v) is 13.2. The number of aliphatic hydroxyl groups excluding tert-OH is 1. The molecule has 0 aliphatic rings. The maximum atomic E-state index is 12.2. The number of nitrogens with zero attached hydrogens (tertiary/aromatic N) is 2. The van der Waals surface area contributed by atoms with Crippen LogP contribution in [0.1, 0.15) is 17.0 Å². The third-order valence-electron chi connectivity index (χ3n) is 3.32. The molecule has 0 saturated heterocycles. The molecule has 0 spiro atoms. The van der Waals surface area contributed by atoms with Crippen LogP contribution >= 0.6 is 0 Å². The summed E-state index contributed by atoms with van der Waals surface area (Å²) < 4.78 is 17.4. The van der Waals surface area contributed by atoms with E-state index in [0.717, 1.165) is 16.7 Å². The lowest BCUT2D eigenvalue weighted by Gasteiger charge is -2.01. The Labute approximate surface area is 136 Å². The molecule has 5 nitrogen and oxygen atoms in total. The van der Waals surface area contributed by atoms with Crippen LogP contribution in [0.5, 0.6) is 0 Å². The van der Waals surface area contributed by atoms with Gasteiger partial charge in [-0.3, -0.25) is 4.21 Å². The molecule has 0 saturated carbocycles. The second kappa shape index (κ2) is 7.30. The van der Waals surface area contributed by atoms with Gasteiger partial charge in [0.1, 0.15) is 5.75 Å². The summed E-state index contributed by atoms with van der Waals surface area (Å²) in [6, 6.07) is 16.9. The molecule has 23 heavy (non-hydrogen) atoms. The van der Waals surface area contributed by atoms with Gasteiger partial charge in [0.15, 0.2) is 0 Å². The fraction of sp³-hybridized carbons (Fsp3) is 0.176. The Morgan fingerprint density at radius 3 is 2.35 bits per heavy atom. The summed E-state index contributed by atoms with van der Waals surface area (Å²) in [5.74, 6) is 1.51. The Morgan fingerprint density at radius 1 is 0.957 bits per heavy atom. The molecule has 6 heteroatoms. The smallest absolute Gasteiger partial charge is 0.239 e. The maximum absolute atomic E-state index is 12.2. The SMILES string of the molecule is O=S(Cc1ccc(CO)cc1)Cc1nc(-c2ccccc2)no1. The molecule has 0 aliphatic carbocycles. The summed E-state index contributed by atoms with van der Waals surface area (Å²) in [6.45, 7) is 0.00756. The monoisotopic (exact) mass is 328 g/mol. The lowest BCUT2D eigenvalue weighted by atomic mass is 10.2. The first-order valence-electron chi connectivity index (χ1n) is 7.16. The van der Waals surface area contributed by atoms with Crippen LogP contribution in [-0.2, 0) is 28.9 Å². The summed E-state index contributed by atoms with van der Waals surface area (Å²) in [6.07, 6.45) is 0. The van der Waals surface area contributed by atoms with E-state index in [9.17, 15) is 4.21 Å². The summed E-state index contributed by atoms with van der Waals surface area (Å²) in [4.78, 5) is 4.29. The van der Waals surface area contributed by atoms with Gasteiger partial charge in [-0.1, -0.05) is 59.8 Å². The first-order chi connectivity index (χ1) is 11.2. The van der Waals surface area contributed by atoms with E-state index in [4.69, 9.17) is 9.63 Å². The fourth-order valence-corrected chi connectivity index (χ4v) is 3.19. The summed E-state index contributed by atoms with van der Waals surface area (Å²) in [5.41, 5.74) is 2.65. The molecule has 1 atom stereocenters. The van der Waals surface area contributed by atoms with Gasteiger partial charge in [-0.15, -0.1) is 0 Å². The molecule has 3 rings (SSSR count). The lowest BCUT2D eigenvalue weighted by molar-refractivity contribution is 0.282. The molecule has 3 aromatic rings. The van der Waals surface area contributed by atoms with Crippen molar-refractivity contribution in [2.75, 3.05) is 0 Å². The summed E-state index contributed by atoms with van der Waals surface area (Å²) in [5, 5.41) is 12.9. The van der Waals surface area contributed by atoms with Crippen molar-refractivity contribution in [3.8, 4) is 11.4 Å². The predicted octanol–water partition coefficient (Wildman–Crippen LogP) is 2.68. The highest BCUT2D eigenvalue weighted by molar-refractivity contribution is 7.83. The van der Waals surface area contributed by atoms with Crippen molar-refractivity contribution in [1.29, 1.82) is 0 Å². The van der Waals surface area contributed by atoms with Crippen molar-refractivity contribution in [2.24, 2.45) is 0 Å². The van der Waals surface area contributed by atoms with Crippen LogP contribution in [0.15, 0.2) is 59.1 Å². The molecule has 1 N–H and O–H groups in total. The Morgan fingerprint density at radius 2 is 1.65 bits per heavy atom. The largest absolute Gasteiger partial charge is 0.392 e. The number of hydrogen-bond donors (Lipinski definition) is 1. The van der Waals surface area contributed by atoms with Gasteiger partial charge in [0.2, 0.25) is 11.7 Å². The zero-order chi connectivity index (χ0) is 16.1. The summed E-state index contributed by atoms with van der Waals surface area (Å²) >= 11 is 0. The fourth-order valence-electron chi connectivity index (χ4n) is 2.13. The van der Waals surface area contributed by atoms with Gasteiger partial charge in [-0.05, 0) is 11.1 Å². The van der Waals surface area contributed by atoms with E-state index in [0.29, 0.717) is 17.5 Å². The Balaban J connectivity index is 1.63. The molecular formula is C17H16N2O3S. The quantitative estimate of drug-likeness (QED) is 0.753. The Bertz CT molecular complexity index is 785. The molecule has 0 radical (unpaired) electrons. The van der Waals surface area contributed by atoms with E-state index in [2.05, 4.69) is 10.1 Å². The first-order valence-corrected chi connectivity index (χ1v) is 8.65. The second-order valence-corrected chi connectivity index (χ2v) is 6.54. The first kappa shape index (κ1) is 15.6. The third kappa shape index (κ3) is 4.12. The van der Waals surface area contributed by atoms with Gasteiger partial charge in [0, 0.05) is 22.1 Å². The highest BCUT2D eigenvalue weighted by Crippen LogP contribution is 2.16. The van der Waals surface area contributed by atoms with Crippen LogP contribution < -0.4 is 0 Å². The Hall–Kier alpha value is -2.31. The van der Waals surface area contributed by atoms with Crippen LogP contribution in [-0.4, -0.2) is 19.5 Å². The molecule has 0 aliphatic heterocycles. The van der Waals surface area contributed by atoms with E-state index >= 15 is 0 Å². The van der Waals surface area contributed by atoms with Crippen molar-refractivity contribution >= 4 is 10.8 Å². The molecule has 0 fully saturated rings. The van der Waals surface area contributed by atoms with Crippen LogP contribution in [0, 0.1) is 0 Å². The summed E-state index contributed by atoms with van der Waals surface area (Å²) in [7, 11) is -1.13. The molecule has 0 bridgehead atoms. The van der Waals surface area contributed by atoms with Gasteiger partial charge in [0.25, 0.3) is 0 Å². The van der Waals surface area contributed by atoms with E-state index in [-0.39, 0.29) is 12.4 Å². The molecule has 1 aromatic heterocycles. The predicted molar refractivity (Wildman–Crippen MR) is 87.6 cm³/mol. The Kier molecular flexibility index (Phi) is 4.95. The van der Waals surface area contributed by atoms with Crippen molar-refractivity contribution < 1.29 is 13.8 Å². The molecule has 2 aromatic carbocycles. The average Bonchev–Trinajstić information content (AvgIpc) is 3.04. The highest BCUT2D eigenvalue weighted by atomic mass is 32.2. The van der Waals surface area contributed by atoms with E-state index in [1.807, 2.05) is 54.6 Å². The minimum Gasteiger partial charge on any atom is -0.392 e. The third-order valence-corrected chi connectivity index (χ3v) is 4.54. The van der Waals surface area contributed by atoms with Crippen LogP contribution in [0.2, 0.25) is 0 Å². The van der Waals surface area contributed by atoms with Crippen LogP contribution in [0.4, 0.5) is 0 Å². The highest BCUT2D eigenvalue weighted by Gasteiger charge is 2.12. The number of hydrogen-bond acceptors (Lipinski definition) is 5. The van der Waals surface area contributed by atoms with Crippen LogP contribution in [0.25, 0.3) is 11.4 Å². The molecule has 1 unspecified atom stereocenters. The maximum Gasteiger partial charge on any atom is 0.239 e. The van der Waals surface area contributed by atoms with Gasteiger partial charge in [-0.2, -0.15) is 4.98 Å². The van der Waals surface area contributed by atoms with Crippen molar-refractivity contribution in [3.05, 3.63) is 71.6 Å². The number of benzene rings is 2. The zero-order valence-electron chi connectivity index (χ0n) is 12.4. The number of aromatic nitrogens is 2. The second-order valence-electron chi connectivity index (χ2n) is 5.08. The van der Waals surface area contributed by atoms with Gasteiger partial charge >= 0.3 is 0 Å². The minimum absolute atomic E-state index is 0.00756. The van der Waals surface area contributed by atoms with Gasteiger partial charge < -0.3 is 9.63 Å². The number of rotatable bonds is 6. The van der Waals surface area contributed by atoms with Crippen LogP contribution in [0.3, 0.4) is 0 Å². The standard InChI is InChI=1S/C17H16N2O3S/c20-10-13-6-8-14(9-7-13)11-23(21)12-16-18-17(19-22-16)15-4-2-1-3-5-15/h1-9,20H,10-12H2. The topological polar surface area (TPSA) is 76.2 Å². The van der Waals surface area contributed by atoms with Gasteiger partial charge in [-0.25, -0.2) is 0 Å². The molecule has 118 valence electrons. The van der Waals surface area contributed by atoms with Crippen molar-refractivity contribution in [2.45, 2.75) is 18.1 Å². The minimum atomic E-state index is -1.13. The van der Waals surface area contributed by atoms with E-state index < -0.39 is 10.8 Å². The average molecular weight is 328 g/mol. The molecule has 0 amide bonds. The normalized spacial score (nSPS) is 12.2. The number of aliphatic hydroxyl groups is 1. The molecular weight excluding hydrogens is 312 g/mol.